The van der Waals surface area contributed by atoms with Gasteiger partial charge in [-0.2, -0.15) is 5.26 Å². The normalized spacial score (nSPS) is 11.9. The Bertz CT molecular complexity index is 761. The number of carbonyl (C=O) groups excluding carboxylic acids is 1. The van der Waals surface area contributed by atoms with Gasteiger partial charge in [-0.15, -0.1) is 0 Å². The summed E-state index contributed by atoms with van der Waals surface area (Å²) in [5.74, 6) is 0. The fraction of sp³-hybridized carbons (Fsp3) is 0.105. The second kappa shape index (κ2) is 7.14. The average Bonchev–Trinajstić information content (AvgIpc) is 2.56. The summed E-state index contributed by atoms with van der Waals surface area (Å²) in [6.07, 6.45) is 2.65. The second-order valence-electron chi connectivity index (χ2n) is 5.00. The molecule has 22 heavy (non-hydrogen) atoms. The minimum absolute atomic E-state index is 0.405. The zero-order valence-electron chi connectivity index (χ0n) is 12.6. The van der Waals surface area contributed by atoms with Gasteiger partial charge in [-0.25, -0.2) is 4.99 Å². The van der Waals surface area contributed by atoms with Crippen molar-refractivity contribution in [3.63, 3.8) is 0 Å². The fourth-order valence-corrected chi connectivity index (χ4v) is 1.93. The summed E-state index contributed by atoms with van der Waals surface area (Å²) >= 11 is 0. The summed E-state index contributed by atoms with van der Waals surface area (Å²) in [6.45, 7) is 3.70. The molecule has 0 bridgehead atoms. The molecule has 0 aliphatic heterocycles. The van der Waals surface area contributed by atoms with Crippen LogP contribution in [-0.2, 0) is 4.79 Å². The van der Waals surface area contributed by atoms with E-state index in [2.05, 4.69) is 11.1 Å². The Labute approximate surface area is 130 Å². The molecule has 0 amide bonds. The van der Waals surface area contributed by atoms with E-state index in [9.17, 15) is 4.79 Å². The molecule has 2 aromatic carbocycles. The maximum absolute atomic E-state index is 10.9. The smallest absolute Gasteiger partial charge is 0.163 e. The van der Waals surface area contributed by atoms with E-state index < -0.39 is 0 Å². The standard InChI is InChI=1S/C19H16N2O/c1-14-3-5-16(6-4-14)11-19(21-15(2)13-22)18-9-7-17(12-20)8-10-18/h3-11,13H,1-2H3/b19-11+,21-15-. The molecule has 0 aromatic heterocycles. The molecule has 108 valence electrons. The minimum Gasteiger partial charge on any atom is -0.297 e. The molecule has 0 atom stereocenters. The number of nitriles is 1. The van der Waals surface area contributed by atoms with Gasteiger partial charge in [0.25, 0.3) is 0 Å². The van der Waals surface area contributed by atoms with Crippen molar-refractivity contribution in [1.29, 1.82) is 5.26 Å². The molecule has 0 saturated carbocycles. The van der Waals surface area contributed by atoms with Crippen LogP contribution in [-0.4, -0.2) is 12.0 Å². The third-order valence-electron chi connectivity index (χ3n) is 3.16. The van der Waals surface area contributed by atoms with Gasteiger partial charge in [0, 0.05) is 5.56 Å². The Morgan fingerprint density at radius 2 is 1.73 bits per heavy atom. The zero-order chi connectivity index (χ0) is 15.9. The van der Waals surface area contributed by atoms with Gasteiger partial charge in [0.2, 0.25) is 0 Å². The SMILES string of the molecule is C/C(C=O)=N/C(=C/c1ccc(C)cc1)c1ccc(C#N)cc1. The highest BCUT2D eigenvalue weighted by atomic mass is 16.1. The molecule has 0 spiro atoms. The molecular formula is C19H16N2O. The summed E-state index contributed by atoms with van der Waals surface area (Å²) in [4.78, 5) is 15.2. The maximum Gasteiger partial charge on any atom is 0.163 e. The van der Waals surface area contributed by atoms with Crippen molar-refractivity contribution in [2.24, 2.45) is 4.99 Å². The lowest BCUT2D eigenvalue weighted by Crippen LogP contribution is -1.93. The molecule has 0 fully saturated rings. The molecule has 0 N–H and O–H groups in total. The number of rotatable bonds is 4. The average molecular weight is 288 g/mol. The first-order chi connectivity index (χ1) is 10.6. The third-order valence-corrected chi connectivity index (χ3v) is 3.16. The van der Waals surface area contributed by atoms with Crippen LogP contribution in [0, 0.1) is 18.3 Å². The van der Waals surface area contributed by atoms with Crippen LogP contribution in [0.4, 0.5) is 0 Å². The lowest BCUT2D eigenvalue weighted by molar-refractivity contribution is -0.102. The van der Waals surface area contributed by atoms with Gasteiger partial charge in [0.1, 0.15) is 0 Å². The van der Waals surface area contributed by atoms with Gasteiger partial charge >= 0.3 is 0 Å². The molecule has 0 heterocycles. The van der Waals surface area contributed by atoms with Crippen LogP contribution >= 0.6 is 0 Å². The number of carbonyl (C=O) groups is 1. The van der Waals surface area contributed by atoms with Crippen molar-refractivity contribution in [1.82, 2.24) is 0 Å². The van der Waals surface area contributed by atoms with Crippen LogP contribution in [0.5, 0.6) is 0 Å². The van der Waals surface area contributed by atoms with Crippen LogP contribution in [0.3, 0.4) is 0 Å². The summed E-state index contributed by atoms with van der Waals surface area (Å²) < 4.78 is 0. The van der Waals surface area contributed by atoms with Crippen molar-refractivity contribution in [2.45, 2.75) is 13.8 Å². The quantitative estimate of drug-likeness (QED) is 0.484. The molecule has 0 aliphatic rings. The fourth-order valence-electron chi connectivity index (χ4n) is 1.93. The van der Waals surface area contributed by atoms with E-state index >= 15 is 0 Å². The Morgan fingerprint density at radius 1 is 1.09 bits per heavy atom. The highest BCUT2D eigenvalue weighted by Crippen LogP contribution is 2.21. The molecular weight excluding hydrogens is 272 g/mol. The number of hydrogen-bond donors (Lipinski definition) is 0. The Hall–Kier alpha value is -2.99. The summed E-state index contributed by atoms with van der Waals surface area (Å²) in [7, 11) is 0. The van der Waals surface area contributed by atoms with Crippen molar-refractivity contribution in [3.8, 4) is 6.07 Å². The van der Waals surface area contributed by atoms with E-state index in [0.717, 1.165) is 17.4 Å². The van der Waals surface area contributed by atoms with E-state index in [0.29, 0.717) is 17.0 Å². The Balaban J connectivity index is 2.48. The van der Waals surface area contributed by atoms with Gasteiger partial charge in [-0.05, 0) is 37.6 Å². The highest BCUT2D eigenvalue weighted by molar-refractivity contribution is 6.28. The number of aldehydes is 1. The van der Waals surface area contributed by atoms with Crippen LogP contribution in [0.1, 0.15) is 29.2 Å². The summed E-state index contributed by atoms with van der Waals surface area (Å²) in [5, 5.41) is 8.87. The van der Waals surface area contributed by atoms with Gasteiger partial charge in [0.15, 0.2) is 6.29 Å². The third kappa shape index (κ3) is 4.00. The van der Waals surface area contributed by atoms with Crippen LogP contribution in [0.15, 0.2) is 53.5 Å². The second-order valence-corrected chi connectivity index (χ2v) is 5.00. The number of nitrogens with zero attached hydrogens (tertiary/aromatic N) is 2. The molecule has 0 saturated heterocycles. The topological polar surface area (TPSA) is 53.2 Å². The van der Waals surface area contributed by atoms with E-state index in [1.54, 1.807) is 19.1 Å². The number of aliphatic imine (C=N–C) groups is 1. The zero-order valence-corrected chi connectivity index (χ0v) is 12.6. The van der Waals surface area contributed by atoms with Crippen LogP contribution < -0.4 is 0 Å². The first kappa shape index (κ1) is 15.4. The molecule has 2 aromatic rings. The van der Waals surface area contributed by atoms with E-state index in [1.807, 2.05) is 49.4 Å². The minimum atomic E-state index is 0.405. The summed E-state index contributed by atoms with van der Waals surface area (Å²) in [5.41, 5.74) is 4.74. The Kier molecular flexibility index (Phi) is 5.00. The van der Waals surface area contributed by atoms with Gasteiger partial charge in [0.05, 0.1) is 23.0 Å². The predicted octanol–water partition coefficient (Wildman–Crippen LogP) is 4.02. The van der Waals surface area contributed by atoms with E-state index in [1.165, 1.54) is 5.56 Å². The first-order valence-electron chi connectivity index (χ1n) is 6.92. The van der Waals surface area contributed by atoms with Crippen molar-refractivity contribution < 1.29 is 4.79 Å². The number of benzene rings is 2. The highest BCUT2D eigenvalue weighted by Gasteiger charge is 2.02. The number of aryl methyl sites for hydroxylation is 1. The Morgan fingerprint density at radius 3 is 2.27 bits per heavy atom. The van der Waals surface area contributed by atoms with Crippen LogP contribution in [0.25, 0.3) is 11.8 Å². The molecule has 3 heteroatoms. The van der Waals surface area contributed by atoms with Gasteiger partial charge in [-0.1, -0.05) is 42.0 Å². The monoisotopic (exact) mass is 288 g/mol. The predicted molar refractivity (Wildman–Crippen MR) is 89.4 cm³/mol. The van der Waals surface area contributed by atoms with E-state index in [4.69, 9.17) is 5.26 Å². The maximum atomic E-state index is 10.9. The molecule has 0 aliphatic carbocycles. The van der Waals surface area contributed by atoms with Crippen molar-refractivity contribution in [3.05, 3.63) is 70.8 Å². The first-order valence-corrected chi connectivity index (χ1v) is 6.92. The lowest BCUT2D eigenvalue weighted by Gasteiger charge is -2.04. The van der Waals surface area contributed by atoms with Crippen molar-refractivity contribution >= 4 is 23.8 Å². The van der Waals surface area contributed by atoms with Gasteiger partial charge < -0.3 is 0 Å². The largest absolute Gasteiger partial charge is 0.297 e. The molecule has 2 rings (SSSR count). The molecule has 0 unspecified atom stereocenters. The number of hydrogen-bond acceptors (Lipinski definition) is 3. The lowest BCUT2D eigenvalue weighted by atomic mass is 10.1. The summed E-state index contributed by atoms with van der Waals surface area (Å²) in [6, 6.07) is 17.3. The molecule has 3 nitrogen and oxygen atoms in total. The van der Waals surface area contributed by atoms with Gasteiger partial charge in [-0.3, -0.25) is 4.79 Å². The van der Waals surface area contributed by atoms with Crippen molar-refractivity contribution in [2.75, 3.05) is 0 Å². The molecule has 0 radical (unpaired) electrons. The van der Waals surface area contributed by atoms with Crippen LogP contribution in [0.2, 0.25) is 0 Å². The van der Waals surface area contributed by atoms with E-state index in [-0.39, 0.29) is 0 Å².